The van der Waals surface area contributed by atoms with E-state index >= 15 is 0 Å². The van der Waals surface area contributed by atoms with Crippen molar-refractivity contribution in [1.82, 2.24) is 19.9 Å². The Morgan fingerprint density at radius 2 is 1.96 bits per heavy atom. The van der Waals surface area contributed by atoms with Gasteiger partial charge in [0.1, 0.15) is 16.9 Å². The standard InChI is InChI=1S/C20H23N6O/c1-25(20-16-6-7-21-19(16)22-12-23-20)15-8-13-10-26(11-14(13)9-15)17-4-3-5-18(24-17)27-2/h3-7,12-14H,8-11H2,1-2H3,(H,21,22,23)/q+1. The summed E-state index contributed by atoms with van der Waals surface area (Å²) in [6.07, 6.45) is 5.77. The van der Waals surface area contributed by atoms with Crippen molar-refractivity contribution in [2.24, 2.45) is 11.8 Å². The number of aromatic amines is 1. The van der Waals surface area contributed by atoms with Crippen molar-refractivity contribution in [2.45, 2.75) is 12.8 Å². The zero-order valence-electron chi connectivity index (χ0n) is 15.6. The fourth-order valence-corrected chi connectivity index (χ4v) is 4.52. The van der Waals surface area contributed by atoms with Gasteiger partial charge in [0.15, 0.2) is 0 Å². The molecule has 1 N–H and O–H groups in total. The first-order chi connectivity index (χ1) is 13.2. The molecule has 1 aliphatic carbocycles. The molecule has 0 aromatic carbocycles. The van der Waals surface area contributed by atoms with Gasteiger partial charge in [-0.15, -0.1) is 0 Å². The van der Waals surface area contributed by atoms with Crippen molar-refractivity contribution in [3.63, 3.8) is 0 Å². The van der Waals surface area contributed by atoms with Crippen LogP contribution in [0.25, 0.3) is 11.0 Å². The molecule has 2 unspecified atom stereocenters. The smallest absolute Gasteiger partial charge is 0.335 e. The quantitative estimate of drug-likeness (QED) is 0.725. The Kier molecular flexibility index (Phi) is 3.81. The van der Waals surface area contributed by atoms with Crippen molar-refractivity contribution >= 4 is 28.4 Å². The van der Waals surface area contributed by atoms with E-state index in [4.69, 9.17) is 4.74 Å². The van der Waals surface area contributed by atoms with Crippen LogP contribution in [0.3, 0.4) is 0 Å². The molecule has 3 aromatic heterocycles. The number of nitrogens with one attached hydrogen (secondary N) is 1. The number of rotatable bonds is 3. The highest BCUT2D eigenvalue weighted by Crippen LogP contribution is 2.39. The van der Waals surface area contributed by atoms with E-state index in [-0.39, 0.29) is 0 Å². The van der Waals surface area contributed by atoms with Crippen LogP contribution in [0.4, 0.5) is 11.6 Å². The second-order valence-corrected chi connectivity index (χ2v) is 7.43. The van der Waals surface area contributed by atoms with Crippen molar-refractivity contribution in [2.75, 3.05) is 32.1 Å². The number of nitrogens with zero attached hydrogens (tertiary/aromatic N) is 5. The third kappa shape index (κ3) is 2.74. The molecule has 7 heteroatoms. The number of fused-ring (bicyclic) bond motifs is 2. The maximum Gasteiger partial charge on any atom is 0.335 e. The Morgan fingerprint density at radius 1 is 1.15 bits per heavy atom. The minimum atomic E-state index is 0.666. The van der Waals surface area contributed by atoms with Crippen LogP contribution < -0.4 is 9.64 Å². The van der Waals surface area contributed by atoms with Crippen molar-refractivity contribution < 1.29 is 9.31 Å². The van der Waals surface area contributed by atoms with Gasteiger partial charge in [-0.05, 0) is 29.0 Å². The summed E-state index contributed by atoms with van der Waals surface area (Å²) >= 11 is 0. The second kappa shape index (κ2) is 6.33. The van der Waals surface area contributed by atoms with Gasteiger partial charge in [-0.2, -0.15) is 9.97 Å². The number of hydrogen-bond donors (Lipinski definition) is 1. The molecule has 0 spiro atoms. The zero-order valence-corrected chi connectivity index (χ0v) is 15.6. The van der Waals surface area contributed by atoms with Crippen LogP contribution in [0.1, 0.15) is 12.8 Å². The highest BCUT2D eigenvalue weighted by atomic mass is 16.5. The average molecular weight is 363 g/mol. The van der Waals surface area contributed by atoms with Gasteiger partial charge in [-0.25, -0.2) is 4.58 Å². The average Bonchev–Trinajstić information content (AvgIpc) is 3.41. The highest BCUT2D eigenvalue weighted by Gasteiger charge is 2.41. The van der Waals surface area contributed by atoms with Gasteiger partial charge in [0.25, 0.3) is 0 Å². The predicted molar refractivity (Wildman–Crippen MR) is 104 cm³/mol. The largest absolute Gasteiger partial charge is 0.481 e. The Bertz CT molecular complexity index is 1010. The summed E-state index contributed by atoms with van der Waals surface area (Å²) in [7, 11) is 3.79. The lowest BCUT2D eigenvalue weighted by Crippen LogP contribution is -2.24. The number of ether oxygens (including phenoxy) is 1. The maximum atomic E-state index is 5.27. The molecule has 7 nitrogen and oxygen atoms in total. The Hall–Kier alpha value is -2.96. The summed E-state index contributed by atoms with van der Waals surface area (Å²) in [5, 5.41) is 1.08. The molecule has 1 saturated heterocycles. The normalized spacial score (nSPS) is 21.7. The number of hydrogen-bond acceptors (Lipinski definition) is 5. The van der Waals surface area contributed by atoms with E-state index in [0.29, 0.717) is 17.7 Å². The molecule has 2 fully saturated rings. The van der Waals surface area contributed by atoms with Crippen molar-refractivity contribution in [3.8, 4) is 5.88 Å². The Labute approximate surface area is 157 Å². The fourth-order valence-electron chi connectivity index (χ4n) is 4.52. The summed E-state index contributed by atoms with van der Waals surface area (Å²) in [4.78, 5) is 19.0. The van der Waals surface area contributed by atoms with Gasteiger partial charge in [-0.1, -0.05) is 6.07 Å². The molecule has 2 aliphatic rings. The molecule has 0 amide bonds. The summed E-state index contributed by atoms with van der Waals surface area (Å²) in [6, 6.07) is 8.03. The molecule has 4 heterocycles. The van der Waals surface area contributed by atoms with E-state index in [2.05, 4.69) is 42.5 Å². The van der Waals surface area contributed by atoms with Crippen LogP contribution in [-0.4, -0.2) is 57.5 Å². The van der Waals surface area contributed by atoms with Gasteiger partial charge in [0.2, 0.25) is 12.2 Å². The molecule has 1 aliphatic heterocycles. The zero-order chi connectivity index (χ0) is 18.4. The predicted octanol–water partition coefficient (Wildman–Crippen LogP) is 2.62. The lowest BCUT2D eigenvalue weighted by atomic mass is 10.0. The van der Waals surface area contributed by atoms with E-state index in [1.165, 1.54) is 5.71 Å². The number of H-pyrrole nitrogens is 1. The van der Waals surface area contributed by atoms with E-state index in [1.54, 1.807) is 13.4 Å². The van der Waals surface area contributed by atoms with Gasteiger partial charge in [0, 0.05) is 38.2 Å². The van der Waals surface area contributed by atoms with Crippen molar-refractivity contribution in [1.29, 1.82) is 0 Å². The van der Waals surface area contributed by atoms with Gasteiger partial charge < -0.3 is 14.6 Å². The van der Waals surface area contributed by atoms with Gasteiger partial charge in [-0.3, -0.25) is 0 Å². The number of anilines is 1. The number of aromatic nitrogens is 4. The minimum Gasteiger partial charge on any atom is -0.481 e. The first kappa shape index (κ1) is 16.2. The van der Waals surface area contributed by atoms with Gasteiger partial charge >= 0.3 is 5.82 Å². The summed E-state index contributed by atoms with van der Waals surface area (Å²) in [5.74, 6) is 4.01. The molecular formula is C20H23N6O+. The molecule has 138 valence electrons. The molecule has 0 radical (unpaired) electrons. The van der Waals surface area contributed by atoms with E-state index in [9.17, 15) is 0 Å². The fraction of sp³-hybridized carbons (Fsp3) is 0.400. The van der Waals surface area contributed by atoms with Crippen LogP contribution in [0.2, 0.25) is 0 Å². The highest BCUT2D eigenvalue weighted by molar-refractivity contribution is 5.88. The number of methoxy groups -OCH3 is 1. The minimum absolute atomic E-state index is 0.666. The molecular weight excluding hydrogens is 340 g/mol. The van der Waals surface area contributed by atoms with E-state index in [0.717, 1.165) is 48.6 Å². The lowest BCUT2D eigenvalue weighted by Gasteiger charge is -2.19. The van der Waals surface area contributed by atoms with Crippen LogP contribution in [0.15, 0.2) is 36.8 Å². The van der Waals surface area contributed by atoms with E-state index in [1.807, 2.05) is 24.4 Å². The molecule has 1 saturated carbocycles. The van der Waals surface area contributed by atoms with Crippen LogP contribution >= 0.6 is 0 Å². The number of pyridine rings is 1. The third-order valence-electron chi connectivity index (χ3n) is 5.94. The van der Waals surface area contributed by atoms with Crippen LogP contribution in [-0.2, 0) is 0 Å². The van der Waals surface area contributed by atoms with Crippen LogP contribution in [0.5, 0.6) is 5.88 Å². The molecule has 5 rings (SSSR count). The summed E-state index contributed by atoms with van der Waals surface area (Å²) < 4.78 is 7.54. The van der Waals surface area contributed by atoms with E-state index < -0.39 is 0 Å². The lowest BCUT2D eigenvalue weighted by molar-refractivity contribution is -0.410. The maximum absolute atomic E-state index is 5.27. The first-order valence-corrected chi connectivity index (χ1v) is 9.35. The SMILES string of the molecule is COc1cccc(N2CC3CC(=[N+](C)c4ncnc5[nH]ccc45)CC3C2)n1. The summed E-state index contributed by atoms with van der Waals surface area (Å²) in [6.45, 7) is 2.09. The third-order valence-corrected chi connectivity index (χ3v) is 5.94. The Morgan fingerprint density at radius 3 is 2.74 bits per heavy atom. The van der Waals surface area contributed by atoms with Crippen LogP contribution in [0, 0.1) is 11.8 Å². The molecule has 3 aromatic rings. The van der Waals surface area contributed by atoms with Gasteiger partial charge in [0.05, 0.1) is 19.9 Å². The topological polar surface area (TPSA) is 69.9 Å². The molecule has 0 bridgehead atoms. The Balaban J connectivity index is 1.37. The first-order valence-electron chi connectivity index (χ1n) is 9.35. The van der Waals surface area contributed by atoms with Crippen molar-refractivity contribution in [3.05, 3.63) is 36.8 Å². The molecule has 2 atom stereocenters. The monoisotopic (exact) mass is 363 g/mol. The molecule has 27 heavy (non-hydrogen) atoms. The second-order valence-electron chi connectivity index (χ2n) is 7.43. The summed E-state index contributed by atoms with van der Waals surface area (Å²) in [5.41, 5.74) is 2.35.